The van der Waals surface area contributed by atoms with Gasteiger partial charge in [-0.1, -0.05) is 60.7 Å². The van der Waals surface area contributed by atoms with Crippen LogP contribution in [-0.4, -0.2) is 18.4 Å². The summed E-state index contributed by atoms with van der Waals surface area (Å²) in [5.41, 5.74) is 7.57. The van der Waals surface area contributed by atoms with Crippen molar-refractivity contribution in [2.24, 2.45) is 5.73 Å². The van der Waals surface area contributed by atoms with Crippen molar-refractivity contribution >= 4 is 28.9 Å². The molecule has 160 valence electrons. The van der Waals surface area contributed by atoms with Gasteiger partial charge in [0.2, 0.25) is 5.91 Å². The number of furan rings is 1. The molecule has 0 fully saturated rings. The Kier molecular flexibility index (Phi) is 6.32. The van der Waals surface area contributed by atoms with Gasteiger partial charge in [0, 0.05) is 11.5 Å². The highest BCUT2D eigenvalue weighted by Crippen LogP contribution is 2.28. The molecule has 2 amide bonds. The Morgan fingerprint density at radius 2 is 1.69 bits per heavy atom. The third kappa shape index (κ3) is 5.23. The Morgan fingerprint density at radius 3 is 2.41 bits per heavy atom. The number of amides is 2. The third-order valence-corrected chi connectivity index (χ3v) is 4.84. The molecule has 0 saturated carbocycles. The van der Waals surface area contributed by atoms with Crippen LogP contribution in [0.4, 0.5) is 0 Å². The lowest BCUT2D eigenvalue weighted by Gasteiger charge is -2.16. The summed E-state index contributed by atoms with van der Waals surface area (Å²) in [5, 5.41) is 4.01. The van der Waals surface area contributed by atoms with Gasteiger partial charge in [-0.3, -0.25) is 9.59 Å². The number of carbonyl (C=O) groups is 2. The van der Waals surface area contributed by atoms with Crippen LogP contribution in [-0.2, 0) is 9.59 Å². The molecule has 3 N–H and O–H groups in total. The molecule has 6 heteroatoms. The van der Waals surface area contributed by atoms with E-state index in [9.17, 15) is 9.59 Å². The molecule has 6 nitrogen and oxygen atoms in total. The van der Waals surface area contributed by atoms with E-state index < -0.39 is 11.9 Å². The fourth-order valence-corrected chi connectivity index (χ4v) is 3.30. The number of ether oxygens (including phenoxy) is 1. The van der Waals surface area contributed by atoms with Gasteiger partial charge >= 0.3 is 0 Å². The summed E-state index contributed by atoms with van der Waals surface area (Å²) in [6, 6.07) is 25.9. The van der Waals surface area contributed by atoms with E-state index in [0.29, 0.717) is 11.5 Å². The molecule has 0 aliphatic heterocycles. The lowest BCUT2D eigenvalue weighted by Crippen LogP contribution is -2.27. The molecule has 1 atom stereocenters. The first-order valence-corrected chi connectivity index (χ1v) is 10.1. The summed E-state index contributed by atoms with van der Waals surface area (Å²) in [5.74, 6) is 0.394. The molecule has 0 aliphatic rings. The van der Waals surface area contributed by atoms with E-state index in [2.05, 4.69) is 5.32 Å². The molecule has 3 aromatic carbocycles. The van der Waals surface area contributed by atoms with Crippen molar-refractivity contribution in [3.8, 4) is 5.75 Å². The van der Waals surface area contributed by atoms with Crippen molar-refractivity contribution in [1.82, 2.24) is 5.32 Å². The Hall–Kier alpha value is -4.32. The van der Waals surface area contributed by atoms with Crippen LogP contribution in [0.15, 0.2) is 95.4 Å². The number of nitrogens with two attached hydrogens (primary N) is 1. The highest BCUT2D eigenvalue weighted by Gasteiger charge is 2.20. The van der Waals surface area contributed by atoms with Gasteiger partial charge in [-0.25, -0.2) is 0 Å². The average Bonchev–Trinajstić information content (AvgIpc) is 3.25. The fraction of sp³-hybridized carbons (Fsp3) is 0.0769. The predicted octanol–water partition coefficient (Wildman–Crippen LogP) is 4.22. The summed E-state index contributed by atoms with van der Waals surface area (Å²) in [6.45, 7) is -0.180. The van der Waals surface area contributed by atoms with Crippen molar-refractivity contribution in [3.63, 3.8) is 0 Å². The smallest absolute Gasteiger partial charge is 0.255 e. The van der Waals surface area contributed by atoms with Crippen LogP contribution < -0.4 is 15.8 Å². The SMILES string of the molecule is NC(=O)COc1ccc(/C=C/C(=O)NC(c2ccccc2)c2cc3ccccc3o2)cc1. The van der Waals surface area contributed by atoms with E-state index in [1.165, 1.54) is 6.08 Å². The lowest BCUT2D eigenvalue weighted by atomic mass is 10.0. The molecular weight excluding hydrogens is 404 g/mol. The summed E-state index contributed by atoms with van der Waals surface area (Å²) in [4.78, 5) is 23.5. The highest BCUT2D eigenvalue weighted by atomic mass is 16.5. The van der Waals surface area contributed by atoms with E-state index in [0.717, 1.165) is 22.1 Å². The van der Waals surface area contributed by atoms with Crippen molar-refractivity contribution in [3.05, 3.63) is 108 Å². The van der Waals surface area contributed by atoms with E-state index in [4.69, 9.17) is 14.9 Å². The summed E-state index contributed by atoms with van der Waals surface area (Å²) in [7, 11) is 0. The maximum atomic E-state index is 12.7. The van der Waals surface area contributed by atoms with Gasteiger partial charge in [0.15, 0.2) is 6.61 Å². The van der Waals surface area contributed by atoms with E-state index >= 15 is 0 Å². The molecule has 0 radical (unpaired) electrons. The monoisotopic (exact) mass is 426 g/mol. The summed E-state index contributed by atoms with van der Waals surface area (Å²) < 4.78 is 11.3. The normalized spacial score (nSPS) is 12.0. The molecule has 32 heavy (non-hydrogen) atoms. The van der Waals surface area contributed by atoms with E-state index in [1.54, 1.807) is 30.3 Å². The quantitative estimate of drug-likeness (QED) is 0.413. The highest BCUT2D eigenvalue weighted by molar-refractivity contribution is 5.92. The van der Waals surface area contributed by atoms with E-state index in [1.807, 2.05) is 60.7 Å². The van der Waals surface area contributed by atoms with Crippen LogP contribution >= 0.6 is 0 Å². The fourth-order valence-electron chi connectivity index (χ4n) is 3.30. The number of rotatable bonds is 8. The molecule has 0 bridgehead atoms. The second kappa shape index (κ2) is 9.66. The molecule has 0 spiro atoms. The van der Waals surface area contributed by atoms with Gasteiger partial charge in [-0.2, -0.15) is 0 Å². The van der Waals surface area contributed by atoms with Crippen LogP contribution in [0.25, 0.3) is 17.0 Å². The number of nitrogens with one attached hydrogen (secondary N) is 1. The first-order valence-electron chi connectivity index (χ1n) is 10.1. The first kappa shape index (κ1) is 20.9. The van der Waals surface area contributed by atoms with Crippen molar-refractivity contribution in [2.45, 2.75) is 6.04 Å². The molecule has 0 aliphatic carbocycles. The van der Waals surface area contributed by atoms with Crippen LogP contribution in [0.1, 0.15) is 22.9 Å². The minimum Gasteiger partial charge on any atom is -0.484 e. The molecule has 4 rings (SSSR count). The zero-order chi connectivity index (χ0) is 22.3. The topological polar surface area (TPSA) is 94.6 Å². The van der Waals surface area contributed by atoms with Gasteiger partial charge in [-0.15, -0.1) is 0 Å². The summed E-state index contributed by atoms with van der Waals surface area (Å²) >= 11 is 0. The maximum Gasteiger partial charge on any atom is 0.255 e. The zero-order valence-electron chi connectivity index (χ0n) is 17.2. The Bertz CT molecular complexity index is 1210. The van der Waals surface area contributed by atoms with Crippen LogP contribution in [0.2, 0.25) is 0 Å². The van der Waals surface area contributed by atoms with Gasteiger partial charge in [0.1, 0.15) is 23.1 Å². The van der Waals surface area contributed by atoms with Crippen LogP contribution in [0.3, 0.4) is 0 Å². The van der Waals surface area contributed by atoms with E-state index in [-0.39, 0.29) is 12.5 Å². The minimum absolute atomic E-state index is 0.180. The van der Waals surface area contributed by atoms with Crippen molar-refractivity contribution in [2.75, 3.05) is 6.61 Å². The Morgan fingerprint density at radius 1 is 0.969 bits per heavy atom. The van der Waals surface area contributed by atoms with Gasteiger partial charge < -0.3 is 20.2 Å². The maximum absolute atomic E-state index is 12.7. The molecule has 1 unspecified atom stereocenters. The predicted molar refractivity (Wildman–Crippen MR) is 123 cm³/mol. The first-order chi connectivity index (χ1) is 15.6. The standard InChI is InChI=1S/C26H22N2O4/c27-24(29)17-31-21-13-10-18(11-14-21)12-15-25(30)28-26(19-6-2-1-3-7-19)23-16-20-8-4-5-9-22(20)32-23/h1-16,26H,17H2,(H2,27,29)(H,28,30)/b15-12+. The van der Waals surface area contributed by atoms with Gasteiger partial charge in [0.05, 0.1) is 0 Å². The number of para-hydroxylation sites is 1. The van der Waals surface area contributed by atoms with Crippen molar-refractivity contribution < 1.29 is 18.7 Å². The summed E-state index contributed by atoms with van der Waals surface area (Å²) in [6.07, 6.45) is 3.17. The molecule has 1 aromatic heterocycles. The Labute approximate surface area is 185 Å². The number of fused-ring (bicyclic) bond motifs is 1. The molecule has 4 aromatic rings. The third-order valence-electron chi connectivity index (χ3n) is 4.84. The van der Waals surface area contributed by atoms with Gasteiger partial charge in [0.25, 0.3) is 5.91 Å². The molecule has 0 saturated heterocycles. The zero-order valence-corrected chi connectivity index (χ0v) is 17.2. The average molecular weight is 426 g/mol. The molecular formula is C26H22N2O4. The number of primary amides is 1. The number of hydrogen-bond donors (Lipinski definition) is 2. The number of carbonyl (C=O) groups excluding carboxylic acids is 2. The second-order valence-electron chi connectivity index (χ2n) is 7.20. The Balaban J connectivity index is 1.49. The molecule has 1 heterocycles. The minimum atomic E-state index is -0.539. The van der Waals surface area contributed by atoms with Crippen LogP contribution in [0.5, 0.6) is 5.75 Å². The van der Waals surface area contributed by atoms with Crippen LogP contribution in [0, 0.1) is 0 Å². The lowest BCUT2D eigenvalue weighted by molar-refractivity contribution is -0.120. The van der Waals surface area contributed by atoms with Gasteiger partial charge in [-0.05, 0) is 41.5 Å². The second-order valence-corrected chi connectivity index (χ2v) is 7.20. The largest absolute Gasteiger partial charge is 0.484 e. The number of benzene rings is 3. The number of hydrogen-bond acceptors (Lipinski definition) is 4. The van der Waals surface area contributed by atoms with Crippen molar-refractivity contribution in [1.29, 1.82) is 0 Å².